The van der Waals surface area contributed by atoms with E-state index in [0.29, 0.717) is 18.8 Å². The molecule has 0 unspecified atom stereocenters. The summed E-state index contributed by atoms with van der Waals surface area (Å²) in [4.78, 5) is 18.5. The Bertz CT molecular complexity index is 1430. The van der Waals surface area contributed by atoms with Crippen LogP contribution in [0.25, 0.3) is 22.0 Å². The number of benzene rings is 3. The third-order valence-corrected chi connectivity index (χ3v) is 8.01. The summed E-state index contributed by atoms with van der Waals surface area (Å²) in [5.41, 5.74) is 5.92. The third-order valence-electron chi connectivity index (χ3n) is 8.01. The van der Waals surface area contributed by atoms with Gasteiger partial charge in [0.15, 0.2) is 0 Å². The molecule has 1 aliphatic heterocycles. The van der Waals surface area contributed by atoms with Gasteiger partial charge in [-0.05, 0) is 36.7 Å². The fourth-order valence-electron chi connectivity index (χ4n) is 5.79. The van der Waals surface area contributed by atoms with Crippen molar-refractivity contribution >= 4 is 16.8 Å². The number of rotatable bonds is 6. The predicted molar refractivity (Wildman–Crippen MR) is 156 cm³/mol. The van der Waals surface area contributed by atoms with Crippen molar-refractivity contribution < 1.29 is 14.6 Å². The SMILES string of the molecule is C[C@@H]1CN([C@@H](C)CO)C(=O)c2c(c3ccccc3n2C)-c2ccccc2CO[C@@H]1CN(C)Cc1ccccc1. The molecule has 6 heteroatoms. The van der Waals surface area contributed by atoms with Gasteiger partial charge >= 0.3 is 0 Å². The molecular weight excluding hydrogens is 486 g/mol. The average Bonchev–Trinajstić information content (AvgIpc) is 3.24. The second kappa shape index (κ2) is 11.7. The maximum Gasteiger partial charge on any atom is 0.271 e. The summed E-state index contributed by atoms with van der Waals surface area (Å²) in [7, 11) is 4.08. The highest BCUT2D eigenvalue weighted by Crippen LogP contribution is 2.38. The van der Waals surface area contributed by atoms with Gasteiger partial charge in [-0.15, -0.1) is 0 Å². The number of hydrogen-bond acceptors (Lipinski definition) is 4. The Morgan fingerprint density at radius 3 is 2.49 bits per heavy atom. The molecule has 39 heavy (non-hydrogen) atoms. The normalized spacial score (nSPS) is 19.0. The number of aryl methyl sites for hydroxylation is 1. The highest BCUT2D eigenvalue weighted by Gasteiger charge is 2.33. The second-order valence-electron chi connectivity index (χ2n) is 11.0. The monoisotopic (exact) mass is 525 g/mol. The lowest BCUT2D eigenvalue weighted by atomic mass is 9.96. The fourth-order valence-corrected chi connectivity index (χ4v) is 5.79. The van der Waals surface area contributed by atoms with E-state index in [0.717, 1.165) is 40.7 Å². The first-order valence-corrected chi connectivity index (χ1v) is 13.8. The summed E-state index contributed by atoms with van der Waals surface area (Å²) in [6, 6.07) is 26.5. The first-order chi connectivity index (χ1) is 18.9. The van der Waals surface area contributed by atoms with Gasteiger partial charge in [-0.2, -0.15) is 0 Å². The van der Waals surface area contributed by atoms with Crippen LogP contribution in [0.1, 0.15) is 35.5 Å². The van der Waals surface area contributed by atoms with E-state index in [9.17, 15) is 9.90 Å². The van der Waals surface area contributed by atoms with E-state index in [-0.39, 0.29) is 30.6 Å². The average molecular weight is 526 g/mol. The van der Waals surface area contributed by atoms with E-state index in [4.69, 9.17) is 4.74 Å². The zero-order valence-electron chi connectivity index (χ0n) is 23.4. The molecule has 1 N–H and O–H groups in total. The van der Waals surface area contributed by atoms with Crippen LogP contribution in [0.15, 0.2) is 78.9 Å². The van der Waals surface area contributed by atoms with Crippen LogP contribution in [0.4, 0.5) is 0 Å². The molecule has 0 spiro atoms. The van der Waals surface area contributed by atoms with Gasteiger partial charge in [0.1, 0.15) is 5.69 Å². The summed E-state index contributed by atoms with van der Waals surface area (Å²) in [6.45, 7) is 6.45. The van der Waals surface area contributed by atoms with Gasteiger partial charge in [0, 0.05) is 49.1 Å². The molecule has 0 radical (unpaired) electrons. The highest BCUT2D eigenvalue weighted by atomic mass is 16.5. The molecule has 0 bridgehead atoms. The molecule has 1 aromatic heterocycles. The zero-order valence-corrected chi connectivity index (χ0v) is 23.4. The Labute approximate surface area is 231 Å². The maximum atomic E-state index is 14.4. The number of para-hydroxylation sites is 1. The maximum absolute atomic E-state index is 14.4. The predicted octanol–water partition coefficient (Wildman–Crippen LogP) is 5.34. The molecule has 3 aromatic carbocycles. The van der Waals surface area contributed by atoms with Gasteiger partial charge in [0.2, 0.25) is 0 Å². The molecule has 204 valence electrons. The Balaban J connectivity index is 1.58. The van der Waals surface area contributed by atoms with Crippen molar-refractivity contribution in [3.8, 4) is 11.1 Å². The van der Waals surface area contributed by atoms with Crippen molar-refractivity contribution in [1.82, 2.24) is 14.4 Å². The summed E-state index contributed by atoms with van der Waals surface area (Å²) in [6.07, 6.45) is -0.106. The van der Waals surface area contributed by atoms with Gasteiger partial charge in [0.25, 0.3) is 5.91 Å². The highest BCUT2D eigenvalue weighted by molar-refractivity contribution is 6.10. The number of fused-ring (bicyclic) bond motifs is 5. The summed E-state index contributed by atoms with van der Waals surface area (Å²) in [5, 5.41) is 11.2. The number of carbonyl (C=O) groups is 1. The van der Waals surface area contributed by atoms with E-state index in [1.807, 2.05) is 53.8 Å². The summed E-state index contributed by atoms with van der Waals surface area (Å²) in [5.74, 6) is -0.0187. The Morgan fingerprint density at radius 1 is 1.03 bits per heavy atom. The van der Waals surface area contributed by atoms with E-state index in [1.165, 1.54) is 5.56 Å². The molecule has 3 atom stereocenters. The van der Waals surface area contributed by atoms with Gasteiger partial charge < -0.3 is 19.3 Å². The quantitative estimate of drug-likeness (QED) is 0.370. The van der Waals surface area contributed by atoms with Gasteiger partial charge in [0.05, 0.1) is 25.4 Å². The standard InChI is InChI=1S/C33H39N3O3/c1-23-18-36(24(2)21-37)33(38)32-31(28-16-10-11-17-29(28)35(32)4)27-15-9-8-14-26(27)22-39-30(23)20-34(3)19-25-12-6-5-7-13-25/h5-17,23-24,30,37H,18-22H2,1-4H3/t23-,24+,30-/m1/s1. The van der Waals surface area contributed by atoms with Crippen LogP contribution in [0.2, 0.25) is 0 Å². The first kappa shape index (κ1) is 27.1. The van der Waals surface area contributed by atoms with E-state index < -0.39 is 0 Å². The molecule has 4 aromatic rings. The molecule has 2 heterocycles. The van der Waals surface area contributed by atoms with Crippen LogP contribution in [0.3, 0.4) is 0 Å². The number of aliphatic hydroxyl groups excluding tert-OH is 1. The lowest BCUT2D eigenvalue weighted by Gasteiger charge is -2.35. The second-order valence-corrected chi connectivity index (χ2v) is 11.0. The minimum Gasteiger partial charge on any atom is -0.394 e. The number of hydrogen-bond donors (Lipinski definition) is 1. The zero-order chi connectivity index (χ0) is 27.5. The third kappa shape index (κ3) is 5.50. The van der Waals surface area contributed by atoms with Crippen LogP contribution in [-0.2, 0) is 24.9 Å². The van der Waals surface area contributed by atoms with Crippen molar-refractivity contribution in [3.63, 3.8) is 0 Å². The number of carbonyl (C=O) groups excluding carboxylic acids is 1. The van der Waals surface area contributed by atoms with Crippen molar-refractivity contribution in [2.75, 3.05) is 26.7 Å². The number of aliphatic hydroxyl groups is 1. The number of likely N-dealkylation sites (N-methyl/N-ethyl adjacent to an activating group) is 1. The summed E-state index contributed by atoms with van der Waals surface area (Å²) < 4.78 is 8.71. The topological polar surface area (TPSA) is 57.9 Å². The van der Waals surface area contributed by atoms with E-state index in [1.54, 1.807) is 0 Å². The molecule has 0 aliphatic carbocycles. The van der Waals surface area contributed by atoms with Gasteiger partial charge in [-0.25, -0.2) is 0 Å². The van der Waals surface area contributed by atoms with Crippen LogP contribution < -0.4 is 0 Å². The van der Waals surface area contributed by atoms with Crippen molar-refractivity contribution in [3.05, 3.63) is 95.7 Å². The van der Waals surface area contributed by atoms with Crippen molar-refractivity contribution in [1.29, 1.82) is 0 Å². The smallest absolute Gasteiger partial charge is 0.271 e. The molecular formula is C33H39N3O3. The van der Waals surface area contributed by atoms with Gasteiger partial charge in [-0.3, -0.25) is 9.69 Å². The minimum atomic E-state index is -0.329. The number of aromatic nitrogens is 1. The van der Waals surface area contributed by atoms with Crippen molar-refractivity contribution in [2.45, 2.75) is 39.1 Å². The molecule has 1 aliphatic rings. The number of amides is 1. The van der Waals surface area contributed by atoms with Crippen molar-refractivity contribution in [2.24, 2.45) is 13.0 Å². The molecule has 0 saturated heterocycles. The fraction of sp³-hybridized carbons (Fsp3) is 0.364. The lowest BCUT2D eigenvalue weighted by Crippen LogP contribution is -2.47. The minimum absolute atomic E-state index is 0.0459. The first-order valence-electron chi connectivity index (χ1n) is 13.8. The van der Waals surface area contributed by atoms with Crippen LogP contribution >= 0.6 is 0 Å². The van der Waals surface area contributed by atoms with E-state index >= 15 is 0 Å². The number of ether oxygens (including phenoxy) is 1. The Hall–Kier alpha value is -3.45. The lowest BCUT2D eigenvalue weighted by molar-refractivity contribution is -0.0242. The molecule has 0 saturated carbocycles. The molecule has 0 fully saturated rings. The van der Waals surface area contributed by atoms with E-state index in [2.05, 4.69) is 67.4 Å². The van der Waals surface area contributed by atoms with Crippen LogP contribution in [-0.4, -0.2) is 64.3 Å². The van der Waals surface area contributed by atoms with Crippen LogP contribution in [0, 0.1) is 5.92 Å². The number of nitrogens with zero attached hydrogens (tertiary/aromatic N) is 3. The Kier molecular flexibility index (Phi) is 8.17. The molecule has 5 rings (SSSR count). The van der Waals surface area contributed by atoms with Gasteiger partial charge in [-0.1, -0.05) is 79.7 Å². The molecule has 6 nitrogen and oxygen atoms in total. The largest absolute Gasteiger partial charge is 0.394 e. The van der Waals surface area contributed by atoms with Crippen LogP contribution in [0.5, 0.6) is 0 Å². The molecule has 1 amide bonds. The summed E-state index contributed by atoms with van der Waals surface area (Å²) >= 11 is 0. The Morgan fingerprint density at radius 2 is 1.72 bits per heavy atom.